The lowest BCUT2D eigenvalue weighted by molar-refractivity contribution is -0.138. The lowest BCUT2D eigenvalue weighted by Gasteiger charge is -2.22. The molecule has 0 radical (unpaired) electrons. The minimum atomic E-state index is -4.71. The molecule has 9 aromatic carbocycles. The van der Waals surface area contributed by atoms with Gasteiger partial charge < -0.3 is 9.13 Å². The molecular formula is C60H36F6N4. The molecule has 0 saturated carbocycles. The number of aromatic nitrogens is 4. The number of halogens is 6. The van der Waals surface area contributed by atoms with Gasteiger partial charge in [-0.1, -0.05) is 146 Å². The number of benzene rings is 9. The summed E-state index contributed by atoms with van der Waals surface area (Å²) < 4.78 is 93.1. The van der Waals surface area contributed by atoms with Crippen LogP contribution >= 0.6 is 0 Å². The van der Waals surface area contributed by atoms with E-state index in [1.54, 1.807) is 24.3 Å². The molecule has 0 aliphatic carbocycles. The Kier molecular flexibility index (Phi) is 10.0. The van der Waals surface area contributed by atoms with Crippen molar-refractivity contribution in [3.05, 3.63) is 230 Å². The smallest absolute Gasteiger partial charge is 0.309 e. The molecule has 12 rings (SSSR count). The van der Waals surface area contributed by atoms with E-state index in [2.05, 4.69) is 16.7 Å². The molecule has 0 saturated heterocycles. The molecule has 0 atom stereocenters. The van der Waals surface area contributed by atoms with Crippen LogP contribution < -0.4 is 0 Å². The number of para-hydroxylation sites is 3. The molecule has 0 N–H and O–H groups in total. The van der Waals surface area contributed by atoms with E-state index in [0.717, 1.165) is 73.7 Å². The summed E-state index contributed by atoms with van der Waals surface area (Å²) in [6.07, 6.45) is -9.42. The number of hydrogen-bond donors (Lipinski definition) is 0. The summed E-state index contributed by atoms with van der Waals surface area (Å²) in [4.78, 5) is 10.2. The van der Waals surface area contributed by atoms with Gasteiger partial charge in [0, 0.05) is 55.0 Å². The molecule has 0 amide bonds. The number of hydrogen-bond acceptors (Lipinski definition) is 2. The fourth-order valence-electron chi connectivity index (χ4n) is 9.86. The van der Waals surface area contributed by atoms with Crippen molar-refractivity contribution in [1.82, 2.24) is 19.1 Å². The van der Waals surface area contributed by atoms with Gasteiger partial charge in [0.25, 0.3) is 0 Å². The summed E-state index contributed by atoms with van der Waals surface area (Å²) in [5.41, 5.74) is 6.92. The van der Waals surface area contributed by atoms with Gasteiger partial charge in [-0.3, -0.25) is 0 Å². The molecule has 0 bridgehead atoms. The molecule has 4 nitrogen and oxygen atoms in total. The third-order valence-corrected chi connectivity index (χ3v) is 12.9. The molecule has 10 heteroatoms. The Morgan fingerprint density at radius 1 is 0.343 bits per heavy atom. The van der Waals surface area contributed by atoms with E-state index < -0.39 is 23.5 Å². The van der Waals surface area contributed by atoms with Gasteiger partial charge in [-0.2, -0.15) is 26.3 Å². The van der Waals surface area contributed by atoms with Crippen LogP contribution in [0.1, 0.15) is 11.1 Å². The predicted molar refractivity (Wildman–Crippen MR) is 268 cm³/mol. The van der Waals surface area contributed by atoms with Gasteiger partial charge in [-0.05, 0) is 83.9 Å². The Morgan fingerprint density at radius 3 is 1.36 bits per heavy atom. The number of fused-ring (bicyclic) bond motifs is 7. The fraction of sp³-hybridized carbons (Fsp3) is 0.0333. The highest BCUT2D eigenvalue weighted by molar-refractivity contribution is 6.26. The van der Waals surface area contributed by atoms with E-state index in [1.807, 2.05) is 150 Å². The van der Waals surface area contributed by atoms with E-state index in [1.165, 1.54) is 12.1 Å². The topological polar surface area (TPSA) is 35.6 Å². The molecule has 3 aromatic heterocycles. The van der Waals surface area contributed by atoms with E-state index in [0.29, 0.717) is 44.8 Å². The van der Waals surface area contributed by atoms with Crippen LogP contribution in [0.2, 0.25) is 0 Å². The summed E-state index contributed by atoms with van der Waals surface area (Å²) in [5, 5.41) is 3.69. The molecular weight excluding hydrogens is 891 g/mol. The summed E-state index contributed by atoms with van der Waals surface area (Å²) in [5.74, 6) is 0.226. The van der Waals surface area contributed by atoms with Gasteiger partial charge in [0.1, 0.15) is 0 Å². The quantitative estimate of drug-likeness (QED) is 0.149. The lowest BCUT2D eigenvalue weighted by atomic mass is 9.91. The van der Waals surface area contributed by atoms with Crippen molar-refractivity contribution in [3.8, 4) is 67.5 Å². The van der Waals surface area contributed by atoms with Crippen LogP contribution in [0.5, 0.6) is 0 Å². The van der Waals surface area contributed by atoms with E-state index in [4.69, 9.17) is 9.97 Å². The Hall–Kier alpha value is -8.76. The van der Waals surface area contributed by atoms with Crippen LogP contribution in [0.4, 0.5) is 26.3 Å². The van der Waals surface area contributed by atoms with Crippen molar-refractivity contribution in [2.24, 2.45) is 0 Å². The van der Waals surface area contributed by atoms with Gasteiger partial charge in [0.2, 0.25) is 0 Å². The second-order valence-electron chi connectivity index (χ2n) is 17.2. The Balaban J connectivity index is 1.26. The highest BCUT2D eigenvalue weighted by Gasteiger charge is 2.33. The van der Waals surface area contributed by atoms with Gasteiger partial charge in [0.05, 0.1) is 50.3 Å². The van der Waals surface area contributed by atoms with Crippen LogP contribution in [-0.4, -0.2) is 19.1 Å². The average molecular weight is 927 g/mol. The van der Waals surface area contributed by atoms with Crippen LogP contribution in [0, 0.1) is 0 Å². The van der Waals surface area contributed by atoms with Crippen molar-refractivity contribution in [3.63, 3.8) is 0 Å². The third-order valence-electron chi connectivity index (χ3n) is 12.9. The molecule has 338 valence electrons. The molecule has 0 fully saturated rings. The Bertz CT molecular complexity index is 3830. The van der Waals surface area contributed by atoms with Crippen LogP contribution in [0.3, 0.4) is 0 Å². The van der Waals surface area contributed by atoms with Crippen LogP contribution in [0.25, 0.3) is 111 Å². The first kappa shape index (κ1) is 42.6. The van der Waals surface area contributed by atoms with Crippen molar-refractivity contribution in [2.45, 2.75) is 12.4 Å². The summed E-state index contributed by atoms with van der Waals surface area (Å²) in [6.45, 7) is 0. The van der Waals surface area contributed by atoms with Gasteiger partial charge in [-0.25, -0.2) is 9.97 Å². The number of rotatable bonds is 7. The predicted octanol–water partition coefficient (Wildman–Crippen LogP) is 17.0. The van der Waals surface area contributed by atoms with Crippen LogP contribution in [0.15, 0.2) is 218 Å². The molecule has 70 heavy (non-hydrogen) atoms. The van der Waals surface area contributed by atoms with Crippen LogP contribution in [-0.2, 0) is 12.4 Å². The van der Waals surface area contributed by atoms with Crippen molar-refractivity contribution >= 4 is 43.6 Å². The van der Waals surface area contributed by atoms with Gasteiger partial charge >= 0.3 is 12.4 Å². The second-order valence-corrected chi connectivity index (χ2v) is 17.2. The molecule has 0 spiro atoms. The molecule has 3 heterocycles. The molecule has 0 aliphatic heterocycles. The fourth-order valence-corrected chi connectivity index (χ4v) is 9.86. The summed E-state index contributed by atoms with van der Waals surface area (Å²) in [7, 11) is 0. The molecule has 12 aromatic rings. The zero-order valence-corrected chi connectivity index (χ0v) is 36.8. The van der Waals surface area contributed by atoms with E-state index in [-0.39, 0.29) is 17.0 Å². The van der Waals surface area contributed by atoms with Gasteiger partial charge in [0.15, 0.2) is 5.82 Å². The van der Waals surface area contributed by atoms with Crippen molar-refractivity contribution < 1.29 is 26.3 Å². The summed E-state index contributed by atoms with van der Waals surface area (Å²) in [6, 6.07) is 64.5. The highest BCUT2D eigenvalue weighted by Crippen LogP contribution is 2.48. The maximum atomic E-state index is 14.8. The zero-order chi connectivity index (χ0) is 47.7. The second kappa shape index (κ2) is 16.5. The normalized spacial score (nSPS) is 12.1. The number of nitrogens with zero attached hydrogens (tertiary/aromatic N) is 4. The maximum absolute atomic E-state index is 14.8. The zero-order valence-electron chi connectivity index (χ0n) is 36.8. The summed E-state index contributed by atoms with van der Waals surface area (Å²) >= 11 is 0. The van der Waals surface area contributed by atoms with E-state index >= 15 is 0 Å². The monoisotopic (exact) mass is 926 g/mol. The van der Waals surface area contributed by atoms with E-state index in [9.17, 15) is 26.3 Å². The standard InChI is InChI=1S/C60H36F6N4/c61-59(62,63)42-22-14-20-39(32-42)48-34-41(58-67-50(37-16-4-1-5-17-37)36-51(68-58)38-18-6-2-7-19-38)35-49(40-21-15-23-43(33-40)60(64,65)66)56(48)70-53-29-13-11-27-47(53)55-54(70)31-30-46-45-26-10-12-28-52(45)69(57(46)55)44-24-8-3-9-25-44/h1-36H. The maximum Gasteiger partial charge on any atom is 0.416 e. The molecule has 0 aliphatic rings. The lowest BCUT2D eigenvalue weighted by Crippen LogP contribution is -2.07. The minimum Gasteiger partial charge on any atom is -0.309 e. The Labute approximate surface area is 397 Å². The largest absolute Gasteiger partial charge is 0.416 e. The highest BCUT2D eigenvalue weighted by atomic mass is 19.4. The first-order valence-corrected chi connectivity index (χ1v) is 22.5. The minimum absolute atomic E-state index is 0.188. The SMILES string of the molecule is FC(F)(F)c1cccc(-c2cc(-c3nc(-c4ccccc4)cc(-c4ccccc4)n3)cc(-c3cccc(C(F)(F)F)c3)c2-n2c3ccccc3c3c2ccc2c4ccccc4n(-c4ccccc4)c23)c1. The number of alkyl halides is 6. The Morgan fingerprint density at radius 2 is 0.814 bits per heavy atom. The first-order chi connectivity index (χ1) is 34.0. The average Bonchev–Trinajstić information content (AvgIpc) is 3.91. The third kappa shape index (κ3) is 7.27. The van der Waals surface area contributed by atoms with Gasteiger partial charge in [-0.15, -0.1) is 0 Å². The molecule has 0 unspecified atom stereocenters. The van der Waals surface area contributed by atoms with Crippen molar-refractivity contribution in [1.29, 1.82) is 0 Å². The van der Waals surface area contributed by atoms with Crippen molar-refractivity contribution in [2.75, 3.05) is 0 Å². The first-order valence-electron chi connectivity index (χ1n) is 22.5.